The molecule has 1 heterocycles. The molecular formula is C23H15BrCl2N2O2S. The van der Waals surface area contributed by atoms with Crippen LogP contribution >= 0.6 is 50.5 Å². The third-order valence-electron chi connectivity index (χ3n) is 4.36. The van der Waals surface area contributed by atoms with Crippen LogP contribution in [0.5, 0.6) is 5.75 Å². The van der Waals surface area contributed by atoms with E-state index in [2.05, 4.69) is 26.2 Å². The Balaban J connectivity index is 1.37. The van der Waals surface area contributed by atoms with Crippen molar-refractivity contribution in [3.8, 4) is 28.1 Å². The molecule has 0 aliphatic heterocycles. The minimum Gasteiger partial charge on any atom is -0.483 e. The molecule has 8 heteroatoms. The van der Waals surface area contributed by atoms with Crippen LogP contribution in [0.15, 0.2) is 76.6 Å². The summed E-state index contributed by atoms with van der Waals surface area (Å²) in [6.07, 6.45) is 0. The van der Waals surface area contributed by atoms with E-state index in [4.69, 9.17) is 27.9 Å². The van der Waals surface area contributed by atoms with Gasteiger partial charge in [-0.1, -0.05) is 59.6 Å². The molecule has 31 heavy (non-hydrogen) atoms. The number of carbonyl (C=O) groups excluding carboxylic acids is 1. The van der Waals surface area contributed by atoms with Crippen LogP contribution < -0.4 is 10.1 Å². The van der Waals surface area contributed by atoms with Gasteiger partial charge in [0.05, 0.1) is 15.2 Å². The van der Waals surface area contributed by atoms with Crippen LogP contribution in [-0.4, -0.2) is 17.5 Å². The monoisotopic (exact) mass is 532 g/mol. The van der Waals surface area contributed by atoms with Crippen LogP contribution in [0.1, 0.15) is 0 Å². The van der Waals surface area contributed by atoms with Gasteiger partial charge in [-0.3, -0.25) is 10.1 Å². The summed E-state index contributed by atoms with van der Waals surface area (Å²) in [6.45, 7) is -0.139. The Kier molecular flexibility index (Phi) is 6.92. The summed E-state index contributed by atoms with van der Waals surface area (Å²) >= 11 is 17.0. The average molecular weight is 534 g/mol. The van der Waals surface area contributed by atoms with Crippen molar-refractivity contribution in [2.24, 2.45) is 0 Å². The van der Waals surface area contributed by atoms with E-state index in [0.717, 1.165) is 21.2 Å². The molecule has 0 radical (unpaired) electrons. The molecule has 0 saturated carbocycles. The van der Waals surface area contributed by atoms with Gasteiger partial charge in [0.15, 0.2) is 11.7 Å². The molecule has 1 aromatic heterocycles. The predicted molar refractivity (Wildman–Crippen MR) is 131 cm³/mol. The van der Waals surface area contributed by atoms with Gasteiger partial charge < -0.3 is 4.74 Å². The standard InChI is InChI=1S/C23H15BrCl2N2O2S/c24-18-10-15(14-4-2-1-3-5-14)6-9-21(18)30-12-22(29)28-23-27-20(13-31-23)17-8-7-16(25)11-19(17)26/h1-11,13H,12H2,(H,27,28,29). The zero-order valence-electron chi connectivity index (χ0n) is 15.9. The lowest BCUT2D eigenvalue weighted by atomic mass is 10.1. The maximum Gasteiger partial charge on any atom is 0.264 e. The van der Waals surface area contributed by atoms with Crippen molar-refractivity contribution in [2.75, 3.05) is 11.9 Å². The van der Waals surface area contributed by atoms with E-state index in [-0.39, 0.29) is 12.5 Å². The van der Waals surface area contributed by atoms with E-state index >= 15 is 0 Å². The molecule has 0 atom stereocenters. The minimum atomic E-state index is -0.304. The van der Waals surface area contributed by atoms with Crippen molar-refractivity contribution in [2.45, 2.75) is 0 Å². The summed E-state index contributed by atoms with van der Waals surface area (Å²) in [4.78, 5) is 16.7. The number of thiazole rings is 1. The molecule has 1 N–H and O–H groups in total. The van der Waals surface area contributed by atoms with Crippen LogP contribution in [0.3, 0.4) is 0 Å². The number of benzene rings is 3. The summed E-state index contributed by atoms with van der Waals surface area (Å²) in [5.74, 6) is 0.282. The lowest BCUT2D eigenvalue weighted by Gasteiger charge is -2.10. The summed E-state index contributed by atoms with van der Waals surface area (Å²) in [5.41, 5.74) is 3.58. The molecule has 0 aliphatic carbocycles. The average Bonchev–Trinajstić information content (AvgIpc) is 3.21. The third kappa shape index (κ3) is 5.46. The van der Waals surface area contributed by atoms with Gasteiger partial charge in [-0.05, 0) is 57.4 Å². The molecule has 0 spiro atoms. The van der Waals surface area contributed by atoms with Gasteiger partial charge in [0.2, 0.25) is 0 Å². The summed E-state index contributed by atoms with van der Waals surface area (Å²) in [7, 11) is 0. The molecule has 0 unspecified atom stereocenters. The first-order valence-electron chi connectivity index (χ1n) is 9.18. The summed E-state index contributed by atoms with van der Waals surface area (Å²) in [5, 5.41) is 6.09. The van der Waals surface area contributed by atoms with E-state index in [0.29, 0.717) is 26.6 Å². The molecule has 0 aliphatic rings. The Morgan fingerprint density at radius 1 is 1.03 bits per heavy atom. The van der Waals surface area contributed by atoms with Crippen LogP contribution in [0.2, 0.25) is 10.0 Å². The number of rotatable bonds is 6. The number of nitrogens with zero attached hydrogens (tertiary/aromatic N) is 1. The van der Waals surface area contributed by atoms with Crippen molar-refractivity contribution < 1.29 is 9.53 Å². The first kappa shape index (κ1) is 21.8. The number of amides is 1. The van der Waals surface area contributed by atoms with Gasteiger partial charge in [0.1, 0.15) is 5.75 Å². The number of hydrogen-bond acceptors (Lipinski definition) is 4. The van der Waals surface area contributed by atoms with Crippen molar-refractivity contribution >= 4 is 61.5 Å². The van der Waals surface area contributed by atoms with Gasteiger partial charge in [-0.2, -0.15) is 0 Å². The van der Waals surface area contributed by atoms with Crippen LogP contribution in [-0.2, 0) is 4.79 Å². The van der Waals surface area contributed by atoms with Crippen LogP contribution in [0.25, 0.3) is 22.4 Å². The van der Waals surface area contributed by atoms with Crippen molar-refractivity contribution in [3.63, 3.8) is 0 Å². The number of halogens is 3. The fourth-order valence-electron chi connectivity index (χ4n) is 2.88. The van der Waals surface area contributed by atoms with E-state index in [1.165, 1.54) is 11.3 Å². The Hall–Kier alpha value is -2.38. The number of aromatic nitrogens is 1. The Labute approximate surface area is 201 Å². The van der Waals surface area contributed by atoms with E-state index in [1.54, 1.807) is 18.2 Å². The Morgan fingerprint density at radius 3 is 2.58 bits per heavy atom. The smallest absolute Gasteiger partial charge is 0.264 e. The maximum absolute atomic E-state index is 12.3. The van der Waals surface area contributed by atoms with E-state index in [1.807, 2.05) is 53.9 Å². The lowest BCUT2D eigenvalue weighted by molar-refractivity contribution is -0.118. The predicted octanol–water partition coefficient (Wildman–Crippen LogP) is 7.56. The normalized spacial score (nSPS) is 10.7. The maximum atomic E-state index is 12.3. The fourth-order valence-corrected chi connectivity index (χ4v) is 4.60. The summed E-state index contributed by atoms with van der Waals surface area (Å²) < 4.78 is 6.44. The Bertz CT molecular complexity index is 1230. The molecule has 156 valence electrons. The molecule has 4 aromatic rings. The topological polar surface area (TPSA) is 51.2 Å². The fraction of sp³-hybridized carbons (Fsp3) is 0.0435. The van der Waals surface area contributed by atoms with E-state index in [9.17, 15) is 4.79 Å². The van der Waals surface area contributed by atoms with Crippen LogP contribution in [0.4, 0.5) is 5.13 Å². The Morgan fingerprint density at radius 2 is 1.84 bits per heavy atom. The van der Waals surface area contributed by atoms with E-state index < -0.39 is 0 Å². The molecule has 4 nitrogen and oxygen atoms in total. The largest absolute Gasteiger partial charge is 0.483 e. The SMILES string of the molecule is O=C(COc1ccc(-c2ccccc2)cc1Br)Nc1nc(-c2ccc(Cl)cc2Cl)cs1. The van der Waals surface area contributed by atoms with Crippen molar-refractivity contribution in [3.05, 3.63) is 86.6 Å². The molecule has 0 saturated heterocycles. The first-order valence-corrected chi connectivity index (χ1v) is 11.6. The third-order valence-corrected chi connectivity index (χ3v) is 6.28. The highest BCUT2D eigenvalue weighted by molar-refractivity contribution is 9.10. The number of carbonyl (C=O) groups is 1. The molecule has 0 fully saturated rings. The lowest BCUT2D eigenvalue weighted by Crippen LogP contribution is -2.20. The molecule has 4 rings (SSSR count). The zero-order valence-corrected chi connectivity index (χ0v) is 19.9. The number of hydrogen-bond donors (Lipinski definition) is 1. The number of ether oxygens (including phenoxy) is 1. The molecule has 1 amide bonds. The summed E-state index contributed by atoms with van der Waals surface area (Å²) in [6, 6.07) is 21.0. The number of anilines is 1. The second kappa shape index (κ2) is 9.83. The highest BCUT2D eigenvalue weighted by atomic mass is 79.9. The van der Waals surface area contributed by atoms with Gasteiger partial charge in [-0.15, -0.1) is 11.3 Å². The molecular weight excluding hydrogens is 519 g/mol. The van der Waals surface area contributed by atoms with Gasteiger partial charge in [0.25, 0.3) is 5.91 Å². The highest BCUT2D eigenvalue weighted by Gasteiger charge is 2.12. The molecule has 0 bridgehead atoms. The minimum absolute atomic E-state index is 0.139. The quantitative estimate of drug-likeness (QED) is 0.278. The van der Waals surface area contributed by atoms with Crippen molar-refractivity contribution in [1.29, 1.82) is 0 Å². The first-order chi connectivity index (χ1) is 15.0. The van der Waals surface area contributed by atoms with Gasteiger partial charge >= 0.3 is 0 Å². The van der Waals surface area contributed by atoms with Gasteiger partial charge in [-0.25, -0.2) is 4.98 Å². The second-order valence-electron chi connectivity index (χ2n) is 6.51. The highest BCUT2D eigenvalue weighted by Crippen LogP contribution is 2.33. The van der Waals surface area contributed by atoms with Gasteiger partial charge in [0, 0.05) is 16.0 Å². The van der Waals surface area contributed by atoms with Crippen LogP contribution in [0, 0.1) is 0 Å². The number of nitrogens with one attached hydrogen (secondary N) is 1. The van der Waals surface area contributed by atoms with Crippen molar-refractivity contribution in [1.82, 2.24) is 4.98 Å². The second-order valence-corrected chi connectivity index (χ2v) is 9.07. The zero-order chi connectivity index (χ0) is 21.8. The molecule has 3 aromatic carbocycles.